The number of halogens is 1. The van der Waals surface area contributed by atoms with Crippen molar-refractivity contribution < 1.29 is 4.74 Å². The first-order valence-corrected chi connectivity index (χ1v) is 7.90. The normalized spacial score (nSPS) is 17.7. The van der Waals surface area contributed by atoms with Gasteiger partial charge in [0.15, 0.2) is 0 Å². The Hall–Kier alpha value is -1.59. The molecule has 0 spiro atoms. The molecule has 2 aliphatic rings. The highest BCUT2D eigenvalue weighted by Crippen LogP contribution is 2.29. The molecule has 0 saturated heterocycles. The quantitative estimate of drug-likeness (QED) is 0.838. The molecule has 108 valence electrons. The van der Waals surface area contributed by atoms with E-state index in [1.807, 2.05) is 24.7 Å². The van der Waals surface area contributed by atoms with E-state index in [2.05, 4.69) is 42.5 Å². The fraction of sp³-hybridized carbons (Fsp3) is 0.312. The summed E-state index contributed by atoms with van der Waals surface area (Å²) in [5, 5.41) is 0. The van der Waals surface area contributed by atoms with Crippen molar-refractivity contribution in [3.05, 3.63) is 52.0 Å². The summed E-state index contributed by atoms with van der Waals surface area (Å²) in [5.74, 6) is 0.971. The van der Waals surface area contributed by atoms with Crippen LogP contribution in [0.4, 0.5) is 0 Å². The highest BCUT2D eigenvalue weighted by molar-refractivity contribution is 9.10. The first kappa shape index (κ1) is 13.1. The van der Waals surface area contributed by atoms with Crippen molar-refractivity contribution in [2.75, 3.05) is 19.7 Å². The first-order chi connectivity index (χ1) is 10.3. The number of benzene rings is 1. The number of nitrogens with zero attached hydrogens (tertiary/aromatic N) is 3. The lowest BCUT2D eigenvalue weighted by atomic mass is 10.1. The van der Waals surface area contributed by atoms with Crippen LogP contribution in [-0.2, 0) is 13.1 Å². The van der Waals surface area contributed by atoms with Gasteiger partial charge in [-0.3, -0.25) is 4.90 Å². The number of imidazole rings is 1. The Balaban J connectivity index is 1.51. The summed E-state index contributed by atoms with van der Waals surface area (Å²) in [7, 11) is 0. The molecular weight excluding hydrogens is 330 g/mol. The highest BCUT2D eigenvalue weighted by Gasteiger charge is 2.19. The fourth-order valence-corrected chi connectivity index (χ4v) is 3.33. The molecule has 5 heteroatoms. The Morgan fingerprint density at radius 2 is 2.24 bits per heavy atom. The molecule has 0 radical (unpaired) electrons. The Bertz CT molecular complexity index is 707. The Labute approximate surface area is 132 Å². The summed E-state index contributed by atoms with van der Waals surface area (Å²) in [6.07, 6.45) is 6.14. The van der Waals surface area contributed by atoms with E-state index < -0.39 is 0 Å². The minimum absolute atomic E-state index is 0.685. The van der Waals surface area contributed by atoms with Crippen molar-refractivity contribution >= 4 is 22.0 Å². The van der Waals surface area contributed by atoms with E-state index in [0.717, 1.165) is 42.0 Å². The van der Waals surface area contributed by atoms with Gasteiger partial charge in [-0.15, -0.1) is 0 Å². The molecule has 0 fully saturated rings. The maximum absolute atomic E-state index is 5.85. The average Bonchev–Trinajstić information content (AvgIpc) is 2.94. The van der Waals surface area contributed by atoms with Gasteiger partial charge in [-0.25, -0.2) is 4.98 Å². The van der Waals surface area contributed by atoms with Crippen LogP contribution in [0.1, 0.15) is 11.3 Å². The monoisotopic (exact) mass is 345 g/mol. The molecule has 21 heavy (non-hydrogen) atoms. The average molecular weight is 346 g/mol. The predicted octanol–water partition coefficient (Wildman–Crippen LogP) is 2.94. The van der Waals surface area contributed by atoms with Crippen LogP contribution in [0.25, 0.3) is 6.08 Å². The van der Waals surface area contributed by atoms with E-state index in [-0.39, 0.29) is 0 Å². The van der Waals surface area contributed by atoms with E-state index in [0.29, 0.717) is 6.61 Å². The molecule has 0 amide bonds. The van der Waals surface area contributed by atoms with Crippen molar-refractivity contribution in [1.29, 1.82) is 0 Å². The Morgan fingerprint density at radius 1 is 1.29 bits per heavy atom. The molecule has 0 N–H and O–H groups in total. The van der Waals surface area contributed by atoms with Crippen LogP contribution in [0.15, 0.2) is 40.8 Å². The largest absolute Gasteiger partial charge is 0.489 e. The number of fused-ring (bicyclic) bond motifs is 2. The number of aromatic nitrogens is 2. The van der Waals surface area contributed by atoms with E-state index >= 15 is 0 Å². The van der Waals surface area contributed by atoms with E-state index in [9.17, 15) is 0 Å². The SMILES string of the molecule is Brc1ccc2c(c1)C=C(CN1CCn3cncc3C1)CO2. The van der Waals surface area contributed by atoms with Crippen molar-refractivity contribution in [3.8, 4) is 5.75 Å². The molecule has 1 aromatic heterocycles. The molecule has 0 saturated carbocycles. The van der Waals surface area contributed by atoms with E-state index in [1.165, 1.54) is 11.3 Å². The van der Waals surface area contributed by atoms with Crippen LogP contribution in [0.2, 0.25) is 0 Å². The summed E-state index contributed by atoms with van der Waals surface area (Å²) < 4.78 is 9.17. The van der Waals surface area contributed by atoms with Crippen LogP contribution in [0.5, 0.6) is 5.75 Å². The third kappa shape index (κ3) is 2.63. The van der Waals surface area contributed by atoms with Gasteiger partial charge in [-0.2, -0.15) is 0 Å². The summed E-state index contributed by atoms with van der Waals surface area (Å²) in [6, 6.07) is 6.15. The minimum Gasteiger partial charge on any atom is -0.489 e. The topological polar surface area (TPSA) is 30.3 Å². The molecule has 0 aliphatic carbocycles. The van der Waals surface area contributed by atoms with Crippen LogP contribution >= 0.6 is 15.9 Å². The maximum atomic E-state index is 5.85. The number of ether oxygens (including phenoxy) is 1. The lowest BCUT2D eigenvalue weighted by molar-refractivity contribution is 0.228. The van der Waals surface area contributed by atoms with Gasteiger partial charge < -0.3 is 9.30 Å². The van der Waals surface area contributed by atoms with Crippen molar-refractivity contribution in [3.63, 3.8) is 0 Å². The summed E-state index contributed by atoms with van der Waals surface area (Å²) in [6.45, 7) is 4.68. The standard InChI is InChI=1S/C16H16BrN3O/c17-14-1-2-16-13(6-14)5-12(10-21-16)8-19-3-4-20-11-18-7-15(20)9-19/h1-2,5-7,11H,3-4,8-10H2. The van der Waals surface area contributed by atoms with Gasteiger partial charge in [-0.05, 0) is 29.8 Å². The Morgan fingerprint density at radius 3 is 3.19 bits per heavy atom. The second-order valence-electron chi connectivity index (χ2n) is 5.56. The van der Waals surface area contributed by atoms with Gasteiger partial charge in [0.05, 0.1) is 12.0 Å². The van der Waals surface area contributed by atoms with Crippen LogP contribution in [0, 0.1) is 0 Å². The molecular formula is C16H16BrN3O. The third-order valence-electron chi connectivity index (χ3n) is 4.01. The van der Waals surface area contributed by atoms with Gasteiger partial charge in [0.2, 0.25) is 0 Å². The second-order valence-corrected chi connectivity index (χ2v) is 6.48. The molecule has 4 rings (SSSR count). The molecule has 2 aliphatic heterocycles. The predicted molar refractivity (Wildman–Crippen MR) is 85.1 cm³/mol. The lowest BCUT2D eigenvalue weighted by Gasteiger charge is -2.29. The van der Waals surface area contributed by atoms with Crippen molar-refractivity contribution in [2.24, 2.45) is 0 Å². The van der Waals surface area contributed by atoms with Gasteiger partial charge in [0, 0.05) is 42.4 Å². The van der Waals surface area contributed by atoms with Crippen LogP contribution < -0.4 is 4.74 Å². The highest BCUT2D eigenvalue weighted by atomic mass is 79.9. The Kier molecular flexibility index (Phi) is 3.31. The van der Waals surface area contributed by atoms with E-state index in [4.69, 9.17) is 4.74 Å². The lowest BCUT2D eigenvalue weighted by Crippen LogP contribution is -2.35. The fourth-order valence-electron chi connectivity index (χ4n) is 2.95. The maximum Gasteiger partial charge on any atom is 0.127 e. The minimum atomic E-state index is 0.685. The van der Waals surface area contributed by atoms with Crippen LogP contribution in [0.3, 0.4) is 0 Å². The van der Waals surface area contributed by atoms with Crippen LogP contribution in [-0.4, -0.2) is 34.1 Å². The second kappa shape index (κ2) is 5.31. The molecule has 2 aromatic rings. The van der Waals surface area contributed by atoms with Gasteiger partial charge in [0.25, 0.3) is 0 Å². The van der Waals surface area contributed by atoms with Crippen molar-refractivity contribution in [1.82, 2.24) is 14.5 Å². The zero-order valence-corrected chi connectivity index (χ0v) is 13.2. The number of hydrogen-bond donors (Lipinski definition) is 0. The van der Waals surface area contributed by atoms with Gasteiger partial charge in [-0.1, -0.05) is 15.9 Å². The molecule has 4 nitrogen and oxygen atoms in total. The smallest absolute Gasteiger partial charge is 0.127 e. The van der Waals surface area contributed by atoms with E-state index in [1.54, 1.807) is 0 Å². The first-order valence-electron chi connectivity index (χ1n) is 7.11. The number of hydrogen-bond acceptors (Lipinski definition) is 3. The molecule has 1 aromatic carbocycles. The molecule has 0 atom stereocenters. The molecule has 0 bridgehead atoms. The zero-order valence-electron chi connectivity index (χ0n) is 11.6. The van der Waals surface area contributed by atoms with Crippen molar-refractivity contribution in [2.45, 2.75) is 13.1 Å². The summed E-state index contributed by atoms with van der Waals surface area (Å²) in [5.41, 5.74) is 3.78. The number of rotatable bonds is 2. The third-order valence-corrected chi connectivity index (χ3v) is 4.51. The van der Waals surface area contributed by atoms with Gasteiger partial charge >= 0.3 is 0 Å². The summed E-state index contributed by atoms with van der Waals surface area (Å²) in [4.78, 5) is 6.67. The van der Waals surface area contributed by atoms with Gasteiger partial charge in [0.1, 0.15) is 12.4 Å². The molecule has 0 unspecified atom stereocenters. The summed E-state index contributed by atoms with van der Waals surface area (Å²) >= 11 is 3.52. The zero-order chi connectivity index (χ0) is 14.2. The molecule has 3 heterocycles.